The zero-order valence-electron chi connectivity index (χ0n) is 18.1. The van der Waals surface area contributed by atoms with E-state index in [9.17, 15) is 13.2 Å². The molecule has 170 valence electrons. The zero-order valence-corrected chi connectivity index (χ0v) is 20.5. The van der Waals surface area contributed by atoms with E-state index in [0.717, 1.165) is 28.1 Å². The third-order valence-electron chi connectivity index (χ3n) is 4.86. The van der Waals surface area contributed by atoms with E-state index in [1.54, 1.807) is 17.5 Å². The molecule has 0 aliphatic heterocycles. The minimum atomic E-state index is -3.61. The number of halogens is 1. The Hall–Kier alpha value is -2.55. The number of aryl methyl sites for hydroxylation is 1. The van der Waals surface area contributed by atoms with E-state index < -0.39 is 15.9 Å². The molecule has 6 nitrogen and oxygen atoms in total. The van der Waals surface area contributed by atoms with E-state index in [4.69, 9.17) is 16.3 Å². The summed E-state index contributed by atoms with van der Waals surface area (Å²) in [6.07, 6.45) is 0.291. The lowest BCUT2D eigenvalue weighted by Crippen LogP contribution is -2.14. The summed E-state index contributed by atoms with van der Waals surface area (Å²) in [6.45, 7) is 6.51. The van der Waals surface area contributed by atoms with Crippen LogP contribution in [0.4, 0.5) is 16.2 Å². The standard InChI is InChI=1S/C23H25ClN2O4S2/c1-4-11-30-23(27)26-20-10-7-18(12-15(20)2)25-13-21-16(3)22(14-31-21)32(28,29)19-8-5-17(24)6-9-19/h5-10,12,14,25H,4,11,13H2,1-3H3,(H,26,27). The SMILES string of the molecule is CCCOC(=O)Nc1ccc(NCc2scc(S(=O)(=O)c3ccc(Cl)cc3)c2C)cc1C. The quantitative estimate of drug-likeness (QED) is 0.379. The normalized spacial score (nSPS) is 11.2. The summed E-state index contributed by atoms with van der Waals surface area (Å²) in [7, 11) is -3.61. The summed E-state index contributed by atoms with van der Waals surface area (Å²) in [4.78, 5) is 13.2. The van der Waals surface area contributed by atoms with Crippen molar-refractivity contribution in [3.8, 4) is 0 Å². The molecule has 1 amide bonds. The molecule has 1 aromatic heterocycles. The van der Waals surface area contributed by atoms with Gasteiger partial charge in [0.25, 0.3) is 0 Å². The third kappa shape index (κ3) is 5.62. The molecule has 0 saturated carbocycles. The number of sulfone groups is 1. The first-order valence-electron chi connectivity index (χ1n) is 10.1. The van der Waals surface area contributed by atoms with Crippen LogP contribution in [0.25, 0.3) is 0 Å². The second-order valence-electron chi connectivity index (χ2n) is 7.25. The van der Waals surface area contributed by atoms with Crippen LogP contribution in [0.5, 0.6) is 0 Å². The van der Waals surface area contributed by atoms with Crippen LogP contribution in [0, 0.1) is 13.8 Å². The lowest BCUT2D eigenvalue weighted by molar-refractivity contribution is 0.161. The second kappa shape index (κ2) is 10.4. The number of ether oxygens (including phenoxy) is 1. The smallest absolute Gasteiger partial charge is 0.411 e. The summed E-state index contributed by atoms with van der Waals surface area (Å²) in [5.74, 6) is 0. The summed E-state index contributed by atoms with van der Waals surface area (Å²) < 4.78 is 31.0. The fourth-order valence-corrected chi connectivity index (χ4v) is 6.04. The fourth-order valence-electron chi connectivity index (χ4n) is 3.06. The number of carbonyl (C=O) groups is 1. The van der Waals surface area contributed by atoms with E-state index in [1.165, 1.54) is 23.5 Å². The maximum absolute atomic E-state index is 13.0. The molecule has 0 aliphatic rings. The molecular formula is C23H25ClN2O4S2. The Morgan fingerprint density at radius 2 is 1.84 bits per heavy atom. The van der Waals surface area contributed by atoms with Gasteiger partial charge >= 0.3 is 6.09 Å². The minimum absolute atomic E-state index is 0.221. The van der Waals surface area contributed by atoms with E-state index in [0.29, 0.717) is 28.8 Å². The van der Waals surface area contributed by atoms with Crippen molar-refractivity contribution in [1.82, 2.24) is 0 Å². The first-order chi connectivity index (χ1) is 15.2. The molecule has 3 aromatic rings. The van der Waals surface area contributed by atoms with Gasteiger partial charge < -0.3 is 10.1 Å². The number of thiophene rings is 1. The minimum Gasteiger partial charge on any atom is -0.449 e. The van der Waals surface area contributed by atoms with Gasteiger partial charge in [-0.3, -0.25) is 5.32 Å². The van der Waals surface area contributed by atoms with E-state index in [2.05, 4.69) is 10.6 Å². The van der Waals surface area contributed by atoms with Gasteiger partial charge in [-0.2, -0.15) is 0 Å². The first-order valence-corrected chi connectivity index (χ1v) is 12.8. The molecule has 32 heavy (non-hydrogen) atoms. The van der Waals surface area contributed by atoms with Gasteiger partial charge in [0.2, 0.25) is 9.84 Å². The number of anilines is 2. The molecule has 0 unspecified atom stereocenters. The Morgan fingerprint density at radius 3 is 2.50 bits per heavy atom. The van der Waals surface area contributed by atoms with Crippen molar-refractivity contribution < 1.29 is 17.9 Å². The van der Waals surface area contributed by atoms with Gasteiger partial charge in [-0.1, -0.05) is 18.5 Å². The van der Waals surface area contributed by atoms with Crippen LogP contribution in [-0.2, 0) is 21.1 Å². The molecule has 2 N–H and O–H groups in total. The lowest BCUT2D eigenvalue weighted by Gasteiger charge is -2.12. The maximum Gasteiger partial charge on any atom is 0.411 e. The highest BCUT2D eigenvalue weighted by atomic mass is 35.5. The molecule has 0 fully saturated rings. The largest absolute Gasteiger partial charge is 0.449 e. The van der Waals surface area contributed by atoms with Crippen LogP contribution < -0.4 is 10.6 Å². The van der Waals surface area contributed by atoms with Crippen LogP contribution in [0.1, 0.15) is 29.3 Å². The van der Waals surface area contributed by atoms with Crippen molar-refractivity contribution >= 4 is 50.2 Å². The van der Waals surface area contributed by atoms with Gasteiger partial charge in [0.1, 0.15) is 0 Å². The highest BCUT2D eigenvalue weighted by molar-refractivity contribution is 7.91. The average Bonchev–Trinajstić information content (AvgIpc) is 3.14. The Bertz CT molecular complexity index is 1210. The number of amides is 1. The number of benzene rings is 2. The molecular weight excluding hydrogens is 468 g/mol. The monoisotopic (exact) mass is 492 g/mol. The molecule has 0 atom stereocenters. The Kier molecular flexibility index (Phi) is 7.82. The highest BCUT2D eigenvalue weighted by Gasteiger charge is 2.23. The number of hydrogen-bond acceptors (Lipinski definition) is 6. The van der Waals surface area contributed by atoms with Gasteiger partial charge in [-0.05, 0) is 73.9 Å². The van der Waals surface area contributed by atoms with Crippen LogP contribution in [0.2, 0.25) is 5.02 Å². The van der Waals surface area contributed by atoms with Gasteiger partial charge in [0.15, 0.2) is 0 Å². The van der Waals surface area contributed by atoms with E-state index in [1.807, 2.05) is 39.0 Å². The maximum atomic E-state index is 13.0. The lowest BCUT2D eigenvalue weighted by atomic mass is 10.1. The molecule has 0 aliphatic carbocycles. The Labute approximate surface area is 197 Å². The van der Waals surface area contributed by atoms with Crippen molar-refractivity contribution in [3.05, 3.63) is 68.9 Å². The predicted molar refractivity (Wildman–Crippen MR) is 130 cm³/mol. The molecule has 0 spiro atoms. The fraction of sp³-hybridized carbons (Fsp3) is 0.261. The van der Waals surface area contributed by atoms with Crippen LogP contribution >= 0.6 is 22.9 Å². The zero-order chi connectivity index (χ0) is 23.3. The van der Waals surface area contributed by atoms with Crippen LogP contribution in [0.3, 0.4) is 0 Å². The molecule has 3 rings (SSSR count). The Morgan fingerprint density at radius 1 is 1.12 bits per heavy atom. The molecule has 1 heterocycles. The van der Waals surface area contributed by atoms with Crippen LogP contribution in [-0.4, -0.2) is 21.1 Å². The molecule has 0 bridgehead atoms. The molecule has 9 heteroatoms. The summed E-state index contributed by atoms with van der Waals surface area (Å²) in [5.41, 5.74) is 3.16. The van der Waals surface area contributed by atoms with Gasteiger partial charge in [0.05, 0.1) is 16.4 Å². The third-order valence-corrected chi connectivity index (χ3v) is 8.25. The van der Waals surface area contributed by atoms with Gasteiger partial charge in [-0.15, -0.1) is 11.3 Å². The summed E-state index contributed by atoms with van der Waals surface area (Å²) >= 11 is 7.28. The van der Waals surface area contributed by atoms with E-state index >= 15 is 0 Å². The number of nitrogens with one attached hydrogen (secondary N) is 2. The van der Waals surface area contributed by atoms with Crippen molar-refractivity contribution in [2.75, 3.05) is 17.2 Å². The predicted octanol–water partition coefficient (Wildman–Crippen LogP) is 6.42. The topological polar surface area (TPSA) is 84.5 Å². The summed E-state index contributed by atoms with van der Waals surface area (Å²) in [5, 5.41) is 8.22. The Balaban J connectivity index is 1.69. The second-order valence-corrected chi connectivity index (χ2v) is 10.6. The first kappa shape index (κ1) is 24.1. The van der Waals surface area contributed by atoms with Crippen molar-refractivity contribution in [2.45, 2.75) is 43.5 Å². The van der Waals surface area contributed by atoms with Crippen molar-refractivity contribution in [2.24, 2.45) is 0 Å². The van der Waals surface area contributed by atoms with Gasteiger partial charge in [0, 0.05) is 33.2 Å². The van der Waals surface area contributed by atoms with E-state index in [-0.39, 0.29) is 4.90 Å². The molecule has 0 saturated heterocycles. The molecule has 2 aromatic carbocycles. The number of carbonyl (C=O) groups excluding carboxylic acids is 1. The highest BCUT2D eigenvalue weighted by Crippen LogP contribution is 2.32. The number of hydrogen-bond donors (Lipinski definition) is 2. The van der Waals surface area contributed by atoms with Crippen LogP contribution in [0.15, 0.2) is 57.6 Å². The van der Waals surface area contributed by atoms with Crippen molar-refractivity contribution in [3.63, 3.8) is 0 Å². The van der Waals surface area contributed by atoms with Gasteiger partial charge in [-0.25, -0.2) is 13.2 Å². The van der Waals surface area contributed by atoms with Crippen molar-refractivity contribution in [1.29, 1.82) is 0 Å². The number of rotatable bonds is 8. The summed E-state index contributed by atoms with van der Waals surface area (Å²) in [6, 6.07) is 11.8. The molecule has 0 radical (unpaired) electrons. The average molecular weight is 493 g/mol.